The SMILES string of the molecule is CC1CC(c2cccc([N+](=O)[O-])c2)(c2nncn2C(F)F)C1. The Hall–Kier alpha value is -2.38. The highest BCUT2D eigenvalue weighted by molar-refractivity contribution is 5.43. The zero-order valence-corrected chi connectivity index (χ0v) is 11.8. The van der Waals surface area contributed by atoms with Crippen LogP contribution < -0.4 is 0 Å². The van der Waals surface area contributed by atoms with Crippen molar-refractivity contribution >= 4 is 5.69 Å². The van der Waals surface area contributed by atoms with Crippen LogP contribution in [0, 0.1) is 16.0 Å². The van der Waals surface area contributed by atoms with Crippen LogP contribution in [0.3, 0.4) is 0 Å². The second kappa shape index (κ2) is 5.11. The van der Waals surface area contributed by atoms with E-state index in [2.05, 4.69) is 10.2 Å². The fourth-order valence-electron chi connectivity index (χ4n) is 3.32. The highest BCUT2D eigenvalue weighted by Crippen LogP contribution is 2.52. The summed E-state index contributed by atoms with van der Waals surface area (Å²) in [5, 5.41) is 18.4. The molecule has 0 aliphatic heterocycles. The summed E-state index contributed by atoms with van der Waals surface area (Å²) in [5.74, 6) is 0.503. The highest BCUT2D eigenvalue weighted by Gasteiger charge is 2.49. The number of nitro benzene ring substituents is 1. The van der Waals surface area contributed by atoms with Gasteiger partial charge in [0.1, 0.15) is 12.2 Å². The Bertz CT molecular complexity index is 710. The van der Waals surface area contributed by atoms with E-state index < -0.39 is 16.9 Å². The van der Waals surface area contributed by atoms with E-state index in [9.17, 15) is 18.9 Å². The zero-order chi connectivity index (χ0) is 15.9. The quantitative estimate of drug-likeness (QED) is 0.641. The molecule has 116 valence electrons. The van der Waals surface area contributed by atoms with Crippen LogP contribution >= 0.6 is 0 Å². The van der Waals surface area contributed by atoms with Gasteiger partial charge < -0.3 is 0 Å². The molecule has 1 aromatic carbocycles. The lowest BCUT2D eigenvalue weighted by Crippen LogP contribution is -2.43. The van der Waals surface area contributed by atoms with Crippen molar-refractivity contribution in [1.82, 2.24) is 14.8 Å². The molecular weight excluding hydrogens is 294 g/mol. The number of alkyl halides is 2. The summed E-state index contributed by atoms with van der Waals surface area (Å²) in [7, 11) is 0. The second-order valence-corrected chi connectivity index (χ2v) is 5.74. The molecule has 0 saturated heterocycles. The van der Waals surface area contributed by atoms with Crippen molar-refractivity contribution in [3.05, 3.63) is 52.1 Å². The van der Waals surface area contributed by atoms with Gasteiger partial charge in [-0.2, -0.15) is 8.78 Å². The average molecular weight is 308 g/mol. The van der Waals surface area contributed by atoms with E-state index in [0.717, 1.165) is 10.9 Å². The van der Waals surface area contributed by atoms with Gasteiger partial charge >= 0.3 is 6.55 Å². The summed E-state index contributed by atoms with van der Waals surface area (Å²) in [4.78, 5) is 10.5. The summed E-state index contributed by atoms with van der Waals surface area (Å²) in [6.45, 7) is -0.727. The van der Waals surface area contributed by atoms with Gasteiger partial charge in [0, 0.05) is 12.1 Å². The van der Waals surface area contributed by atoms with E-state index in [1.807, 2.05) is 6.92 Å². The first kappa shape index (κ1) is 14.6. The lowest BCUT2D eigenvalue weighted by molar-refractivity contribution is -0.385. The standard InChI is InChI=1S/C14H14F2N4O2/c1-9-6-14(7-9,12-18-17-8-19(12)13(15)16)10-3-2-4-11(5-10)20(21)22/h2-5,8-9,13H,6-7H2,1H3. The smallest absolute Gasteiger partial charge is 0.258 e. The maximum absolute atomic E-state index is 13.1. The number of benzene rings is 1. The average Bonchev–Trinajstić information content (AvgIpc) is 2.93. The van der Waals surface area contributed by atoms with Crippen LogP contribution in [0.25, 0.3) is 0 Å². The molecule has 0 atom stereocenters. The van der Waals surface area contributed by atoms with Gasteiger partial charge in [0.2, 0.25) is 0 Å². The predicted molar refractivity (Wildman–Crippen MR) is 73.5 cm³/mol. The van der Waals surface area contributed by atoms with Crippen molar-refractivity contribution < 1.29 is 13.7 Å². The van der Waals surface area contributed by atoms with Crippen molar-refractivity contribution in [2.24, 2.45) is 5.92 Å². The molecule has 0 N–H and O–H groups in total. The minimum absolute atomic E-state index is 0.0560. The first-order valence-electron chi connectivity index (χ1n) is 6.87. The molecule has 3 rings (SSSR count). The molecule has 1 heterocycles. The van der Waals surface area contributed by atoms with Crippen LogP contribution in [0.1, 0.15) is 37.7 Å². The maximum atomic E-state index is 13.1. The molecule has 1 aliphatic rings. The lowest BCUT2D eigenvalue weighted by atomic mass is 9.58. The summed E-state index contributed by atoms with van der Waals surface area (Å²) in [6.07, 6.45) is 2.22. The van der Waals surface area contributed by atoms with Gasteiger partial charge in [0.25, 0.3) is 5.69 Å². The van der Waals surface area contributed by atoms with E-state index in [1.54, 1.807) is 12.1 Å². The molecule has 0 radical (unpaired) electrons. The lowest BCUT2D eigenvalue weighted by Gasteiger charge is -2.46. The molecule has 1 aliphatic carbocycles. The normalized spacial score (nSPS) is 24.3. The topological polar surface area (TPSA) is 73.8 Å². The summed E-state index contributed by atoms with van der Waals surface area (Å²) in [5.41, 5.74) is -0.160. The van der Waals surface area contributed by atoms with E-state index >= 15 is 0 Å². The van der Waals surface area contributed by atoms with Crippen molar-refractivity contribution in [3.63, 3.8) is 0 Å². The number of hydrogen-bond acceptors (Lipinski definition) is 4. The predicted octanol–water partition coefficient (Wildman–Crippen LogP) is 3.30. The van der Waals surface area contributed by atoms with Gasteiger partial charge in [-0.15, -0.1) is 10.2 Å². The number of non-ortho nitro benzene ring substituents is 1. The summed E-state index contributed by atoms with van der Waals surface area (Å²) in [6, 6.07) is 6.12. The highest BCUT2D eigenvalue weighted by atomic mass is 19.3. The Morgan fingerprint density at radius 2 is 2.18 bits per heavy atom. The zero-order valence-electron chi connectivity index (χ0n) is 11.8. The summed E-state index contributed by atoms with van der Waals surface area (Å²) >= 11 is 0. The molecule has 2 aromatic rings. The molecule has 1 aromatic heterocycles. The third-order valence-corrected chi connectivity index (χ3v) is 4.21. The largest absolute Gasteiger partial charge is 0.321 e. The van der Waals surface area contributed by atoms with Crippen LogP contribution in [0.4, 0.5) is 14.5 Å². The van der Waals surface area contributed by atoms with E-state index in [-0.39, 0.29) is 11.5 Å². The van der Waals surface area contributed by atoms with Gasteiger partial charge in [-0.3, -0.25) is 14.7 Å². The molecule has 0 unspecified atom stereocenters. The minimum Gasteiger partial charge on any atom is -0.258 e. The third-order valence-electron chi connectivity index (χ3n) is 4.21. The monoisotopic (exact) mass is 308 g/mol. The van der Waals surface area contributed by atoms with Gasteiger partial charge in [-0.05, 0) is 24.3 Å². The van der Waals surface area contributed by atoms with Gasteiger partial charge in [0.15, 0.2) is 0 Å². The van der Waals surface area contributed by atoms with Crippen LogP contribution in [-0.4, -0.2) is 19.7 Å². The van der Waals surface area contributed by atoms with E-state index in [1.165, 1.54) is 12.1 Å². The van der Waals surface area contributed by atoms with Gasteiger partial charge in [0.05, 0.1) is 10.3 Å². The molecule has 0 amide bonds. The molecule has 0 bridgehead atoms. The second-order valence-electron chi connectivity index (χ2n) is 5.74. The molecule has 8 heteroatoms. The van der Waals surface area contributed by atoms with Gasteiger partial charge in [-0.1, -0.05) is 19.1 Å². The minimum atomic E-state index is -2.74. The van der Waals surface area contributed by atoms with Crippen molar-refractivity contribution in [2.45, 2.75) is 31.7 Å². The Morgan fingerprint density at radius 1 is 1.45 bits per heavy atom. The fraction of sp³-hybridized carbons (Fsp3) is 0.429. The first-order valence-corrected chi connectivity index (χ1v) is 6.87. The van der Waals surface area contributed by atoms with Crippen LogP contribution in [0.2, 0.25) is 0 Å². The molecular formula is C14H14F2N4O2. The number of hydrogen-bond donors (Lipinski definition) is 0. The Kier molecular flexibility index (Phi) is 3.38. The number of aromatic nitrogens is 3. The molecule has 1 fully saturated rings. The third kappa shape index (κ3) is 2.15. The molecule has 0 spiro atoms. The first-order chi connectivity index (χ1) is 10.4. The van der Waals surface area contributed by atoms with Crippen molar-refractivity contribution in [2.75, 3.05) is 0 Å². The number of nitrogens with zero attached hydrogens (tertiary/aromatic N) is 4. The molecule has 1 saturated carbocycles. The number of rotatable bonds is 4. The Balaban J connectivity index is 2.12. The van der Waals surface area contributed by atoms with Crippen molar-refractivity contribution in [1.29, 1.82) is 0 Å². The summed E-state index contributed by atoms with van der Waals surface area (Å²) < 4.78 is 27.0. The van der Waals surface area contributed by atoms with Crippen molar-refractivity contribution in [3.8, 4) is 0 Å². The van der Waals surface area contributed by atoms with Crippen LogP contribution in [-0.2, 0) is 5.41 Å². The van der Waals surface area contributed by atoms with E-state index in [4.69, 9.17) is 0 Å². The van der Waals surface area contributed by atoms with Crippen LogP contribution in [0.15, 0.2) is 30.6 Å². The Labute approximate surface area is 124 Å². The van der Waals surface area contributed by atoms with Crippen LogP contribution in [0.5, 0.6) is 0 Å². The van der Waals surface area contributed by atoms with Gasteiger partial charge in [-0.25, -0.2) is 0 Å². The molecule has 6 nitrogen and oxygen atoms in total. The maximum Gasteiger partial charge on any atom is 0.321 e. The number of halogens is 2. The molecule has 22 heavy (non-hydrogen) atoms. The van der Waals surface area contributed by atoms with E-state index in [0.29, 0.717) is 24.3 Å². The number of nitro groups is 1. The fourth-order valence-corrected chi connectivity index (χ4v) is 3.32. The Morgan fingerprint density at radius 3 is 2.77 bits per heavy atom.